The number of amides is 2. The molecule has 2 rings (SSSR count). The molecule has 0 aliphatic heterocycles. The molecule has 0 saturated carbocycles. The second-order valence-electron chi connectivity index (χ2n) is 5.00. The zero-order chi connectivity index (χ0) is 15.9. The van der Waals surface area contributed by atoms with Gasteiger partial charge in [0.1, 0.15) is 0 Å². The molecule has 5 heteroatoms. The van der Waals surface area contributed by atoms with Crippen LogP contribution in [0.5, 0.6) is 0 Å². The number of thiol groups is 1. The highest BCUT2D eigenvalue weighted by Gasteiger charge is 2.17. The van der Waals surface area contributed by atoms with Crippen molar-refractivity contribution in [2.24, 2.45) is 11.7 Å². The van der Waals surface area contributed by atoms with Crippen molar-refractivity contribution < 1.29 is 9.59 Å². The highest BCUT2D eigenvalue weighted by Crippen LogP contribution is 2.15. The zero-order valence-corrected chi connectivity index (χ0v) is 12.9. The molecule has 114 valence electrons. The fraction of sp³-hybridized carbons (Fsp3) is 0.176. The van der Waals surface area contributed by atoms with Gasteiger partial charge in [0, 0.05) is 17.0 Å². The Morgan fingerprint density at radius 2 is 1.82 bits per heavy atom. The van der Waals surface area contributed by atoms with Crippen LogP contribution in [0.3, 0.4) is 0 Å². The van der Waals surface area contributed by atoms with Gasteiger partial charge in [0.2, 0.25) is 11.8 Å². The van der Waals surface area contributed by atoms with Gasteiger partial charge < -0.3 is 11.1 Å². The number of hydrogen-bond donors (Lipinski definition) is 3. The monoisotopic (exact) mass is 314 g/mol. The SMILES string of the molecule is NC(=O)c1cccc(NC(=O)C(CS)Cc2ccccc2)c1. The second-order valence-corrected chi connectivity index (χ2v) is 5.37. The van der Waals surface area contributed by atoms with Crippen LogP contribution in [0, 0.1) is 5.92 Å². The van der Waals surface area contributed by atoms with Gasteiger partial charge in [-0.3, -0.25) is 9.59 Å². The smallest absolute Gasteiger partial charge is 0.248 e. The third-order valence-electron chi connectivity index (χ3n) is 3.33. The third-order valence-corrected chi connectivity index (χ3v) is 3.77. The van der Waals surface area contributed by atoms with Crippen molar-refractivity contribution in [3.05, 3.63) is 65.7 Å². The average molecular weight is 314 g/mol. The number of anilines is 1. The molecule has 1 unspecified atom stereocenters. The summed E-state index contributed by atoms with van der Waals surface area (Å²) < 4.78 is 0. The van der Waals surface area contributed by atoms with Crippen molar-refractivity contribution in [1.82, 2.24) is 0 Å². The summed E-state index contributed by atoms with van der Waals surface area (Å²) in [5, 5.41) is 2.81. The quantitative estimate of drug-likeness (QED) is 0.717. The Labute approximate surface area is 135 Å². The second kappa shape index (κ2) is 7.66. The van der Waals surface area contributed by atoms with E-state index in [0.717, 1.165) is 5.56 Å². The normalized spacial score (nSPS) is 11.7. The number of hydrogen-bond acceptors (Lipinski definition) is 3. The van der Waals surface area contributed by atoms with Gasteiger partial charge >= 0.3 is 0 Å². The maximum absolute atomic E-state index is 12.4. The molecule has 2 aromatic carbocycles. The van der Waals surface area contributed by atoms with Gasteiger partial charge in [0.15, 0.2) is 0 Å². The van der Waals surface area contributed by atoms with Crippen LogP contribution in [0.1, 0.15) is 15.9 Å². The first-order valence-corrected chi connectivity index (χ1v) is 7.59. The number of benzene rings is 2. The molecular weight excluding hydrogens is 296 g/mol. The van der Waals surface area contributed by atoms with Crippen LogP contribution in [0.4, 0.5) is 5.69 Å². The van der Waals surface area contributed by atoms with E-state index >= 15 is 0 Å². The molecule has 0 fully saturated rings. The molecule has 0 aromatic heterocycles. The lowest BCUT2D eigenvalue weighted by atomic mass is 10.00. The predicted octanol–water partition coefficient (Wildman–Crippen LogP) is 2.51. The number of nitrogens with one attached hydrogen (secondary N) is 1. The first-order valence-electron chi connectivity index (χ1n) is 6.95. The largest absolute Gasteiger partial charge is 0.366 e. The molecule has 0 aliphatic rings. The molecular formula is C17H18N2O2S. The topological polar surface area (TPSA) is 72.2 Å². The molecule has 0 bridgehead atoms. The zero-order valence-electron chi connectivity index (χ0n) is 12.0. The van der Waals surface area contributed by atoms with E-state index in [0.29, 0.717) is 23.4 Å². The summed E-state index contributed by atoms with van der Waals surface area (Å²) in [5.74, 6) is -0.453. The van der Waals surface area contributed by atoms with E-state index in [9.17, 15) is 9.59 Å². The van der Waals surface area contributed by atoms with Gasteiger partial charge in [-0.05, 0) is 30.2 Å². The Morgan fingerprint density at radius 1 is 1.09 bits per heavy atom. The average Bonchev–Trinajstić information content (AvgIpc) is 2.53. The molecule has 22 heavy (non-hydrogen) atoms. The molecule has 4 nitrogen and oxygen atoms in total. The Kier molecular flexibility index (Phi) is 5.61. The van der Waals surface area contributed by atoms with Crippen LogP contribution < -0.4 is 11.1 Å². The van der Waals surface area contributed by atoms with Crippen molar-refractivity contribution in [2.75, 3.05) is 11.1 Å². The van der Waals surface area contributed by atoms with Crippen LogP contribution in [0.15, 0.2) is 54.6 Å². The van der Waals surface area contributed by atoms with Crippen LogP contribution in [-0.4, -0.2) is 17.6 Å². The minimum absolute atomic E-state index is 0.125. The van der Waals surface area contributed by atoms with E-state index < -0.39 is 5.91 Å². The van der Waals surface area contributed by atoms with Crippen LogP contribution in [0.2, 0.25) is 0 Å². The van der Waals surface area contributed by atoms with Gasteiger partial charge in [0.05, 0.1) is 5.92 Å². The summed E-state index contributed by atoms with van der Waals surface area (Å²) in [6, 6.07) is 16.4. The summed E-state index contributed by atoms with van der Waals surface area (Å²) in [5.41, 5.74) is 7.24. The Morgan fingerprint density at radius 3 is 2.45 bits per heavy atom. The summed E-state index contributed by atoms with van der Waals surface area (Å²) in [4.78, 5) is 23.5. The van der Waals surface area contributed by atoms with Crippen molar-refractivity contribution >= 4 is 30.1 Å². The maximum atomic E-state index is 12.4. The molecule has 2 amide bonds. The minimum Gasteiger partial charge on any atom is -0.366 e. The predicted molar refractivity (Wildman–Crippen MR) is 91.1 cm³/mol. The summed E-state index contributed by atoms with van der Waals surface area (Å²) in [7, 11) is 0. The lowest BCUT2D eigenvalue weighted by molar-refractivity contribution is -0.119. The van der Waals surface area contributed by atoms with Gasteiger partial charge in [-0.15, -0.1) is 0 Å². The molecule has 3 N–H and O–H groups in total. The molecule has 1 atom stereocenters. The third kappa shape index (κ3) is 4.36. The molecule has 0 heterocycles. The molecule has 2 aromatic rings. The van der Waals surface area contributed by atoms with E-state index in [1.54, 1.807) is 24.3 Å². The number of carbonyl (C=O) groups is 2. The van der Waals surface area contributed by atoms with E-state index in [-0.39, 0.29) is 11.8 Å². The highest BCUT2D eigenvalue weighted by atomic mass is 32.1. The fourth-order valence-electron chi connectivity index (χ4n) is 2.13. The number of nitrogens with two attached hydrogens (primary N) is 1. The van der Waals surface area contributed by atoms with Crippen molar-refractivity contribution in [1.29, 1.82) is 0 Å². The standard InChI is InChI=1S/C17H18N2O2S/c18-16(20)13-7-4-8-15(10-13)19-17(21)14(11-22)9-12-5-2-1-3-6-12/h1-8,10,14,22H,9,11H2,(H2,18,20)(H,19,21). The van der Waals surface area contributed by atoms with Crippen molar-refractivity contribution in [2.45, 2.75) is 6.42 Å². The first-order chi connectivity index (χ1) is 10.6. The Hall–Kier alpha value is -2.27. The molecule has 0 spiro atoms. The number of primary amides is 1. The van der Waals surface area contributed by atoms with Gasteiger partial charge in [-0.25, -0.2) is 0 Å². The highest BCUT2D eigenvalue weighted by molar-refractivity contribution is 7.80. The Balaban J connectivity index is 2.06. The van der Waals surface area contributed by atoms with Crippen LogP contribution >= 0.6 is 12.6 Å². The van der Waals surface area contributed by atoms with E-state index in [1.165, 1.54) is 0 Å². The van der Waals surface area contributed by atoms with Gasteiger partial charge in [0.25, 0.3) is 0 Å². The van der Waals surface area contributed by atoms with E-state index in [4.69, 9.17) is 5.73 Å². The lowest BCUT2D eigenvalue weighted by Crippen LogP contribution is -2.26. The molecule has 0 aliphatic carbocycles. The fourth-order valence-corrected chi connectivity index (χ4v) is 2.43. The molecule has 0 radical (unpaired) electrons. The lowest BCUT2D eigenvalue weighted by Gasteiger charge is -2.15. The van der Waals surface area contributed by atoms with E-state index in [2.05, 4.69) is 17.9 Å². The van der Waals surface area contributed by atoms with Crippen LogP contribution in [-0.2, 0) is 11.2 Å². The number of carbonyl (C=O) groups excluding carboxylic acids is 2. The summed E-state index contributed by atoms with van der Waals surface area (Å²) in [6.45, 7) is 0. The van der Waals surface area contributed by atoms with Crippen molar-refractivity contribution in [3.8, 4) is 0 Å². The van der Waals surface area contributed by atoms with Crippen LogP contribution in [0.25, 0.3) is 0 Å². The number of rotatable bonds is 6. The molecule has 0 saturated heterocycles. The van der Waals surface area contributed by atoms with Gasteiger partial charge in [-0.2, -0.15) is 12.6 Å². The summed E-state index contributed by atoms with van der Waals surface area (Å²) >= 11 is 4.27. The first kappa shape index (κ1) is 16.1. The van der Waals surface area contributed by atoms with Crippen molar-refractivity contribution in [3.63, 3.8) is 0 Å². The maximum Gasteiger partial charge on any atom is 0.248 e. The van der Waals surface area contributed by atoms with E-state index in [1.807, 2.05) is 30.3 Å². The van der Waals surface area contributed by atoms with Gasteiger partial charge in [-0.1, -0.05) is 36.4 Å². The Bertz CT molecular complexity index is 659. The summed E-state index contributed by atoms with van der Waals surface area (Å²) in [6.07, 6.45) is 0.617. The minimum atomic E-state index is -0.522.